The van der Waals surface area contributed by atoms with Crippen molar-refractivity contribution in [2.45, 2.75) is 27.7 Å². The molecule has 0 aliphatic heterocycles. The predicted octanol–water partition coefficient (Wildman–Crippen LogP) is 3.25. The molecular formula is C20H23N3O3. The number of benzene rings is 2. The Labute approximate surface area is 153 Å². The van der Waals surface area contributed by atoms with Gasteiger partial charge in [0.15, 0.2) is 0 Å². The first kappa shape index (κ1) is 19.2. The number of hydrogen-bond acceptors (Lipinski definition) is 3. The quantitative estimate of drug-likeness (QED) is 0.866. The summed E-state index contributed by atoms with van der Waals surface area (Å²) in [5.41, 5.74) is 3.75. The van der Waals surface area contributed by atoms with Crippen LogP contribution in [0.2, 0.25) is 0 Å². The molecule has 0 saturated carbocycles. The van der Waals surface area contributed by atoms with Crippen LogP contribution in [0.25, 0.3) is 0 Å². The summed E-state index contributed by atoms with van der Waals surface area (Å²) in [6, 6.07) is 12.6. The van der Waals surface area contributed by atoms with Gasteiger partial charge < -0.3 is 15.5 Å². The van der Waals surface area contributed by atoms with Crippen LogP contribution in [0.15, 0.2) is 42.5 Å². The molecule has 2 rings (SSSR count). The molecule has 0 unspecified atom stereocenters. The summed E-state index contributed by atoms with van der Waals surface area (Å²) in [4.78, 5) is 37.2. The Balaban J connectivity index is 2.16. The van der Waals surface area contributed by atoms with E-state index in [0.717, 1.165) is 16.8 Å². The minimum Gasteiger partial charge on any atom is -0.326 e. The Morgan fingerprint density at radius 1 is 0.885 bits per heavy atom. The van der Waals surface area contributed by atoms with E-state index in [0.29, 0.717) is 11.4 Å². The Hall–Kier alpha value is -3.15. The number of nitrogens with zero attached hydrogens (tertiary/aromatic N) is 1. The highest BCUT2D eigenvalue weighted by molar-refractivity contribution is 6.03. The van der Waals surface area contributed by atoms with Crippen molar-refractivity contribution in [2.75, 3.05) is 22.1 Å². The maximum Gasteiger partial charge on any atom is 0.244 e. The molecule has 0 saturated heterocycles. The largest absolute Gasteiger partial charge is 0.326 e. The van der Waals surface area contributed by atoms with Crippen LogP contribution in [0.4, 0.5) is 17.1 Å². The maximum atomic E-state index is 12.5. The lowest BCUT2D eigenvalue weighted by Crippen LogP contribution is -2.37. The second-order valence-electron chi connectivity index (χ2n) is 6.16. The zero-order valence-corrected chi connectivity index (χ0v) is 15.4. The molecule has 0 heterocycles. The van der Waals surface area contributed by atoms with E-state index in [4.69, 9.17) is 0 Å². The first-order valence-corrected chi connectivity index (χ1v) is 8.29. The second kappa shape index (κ2) is 8.29. The van der Waals surface area contributed by atoms with Crippen molar-refractivity contribution in [3.63, 3.8) is 0 Å². The number of nitrogens with one attached hydrogen (secondary N) is 2. The lowest BCUT2D eigenvalue weighted by Gasteiger charge is -2.24. The van der Waals surface area contributed by atoms with E-state index in [2.05, 4.69) is 10.6 Å². The third-order valence-electron chi connectivity index (χ3n) is 3.86. The molecule has 6 heteroatoms. The highest BCUT2D eigenvalue weighted by Gasteiger charge is 2.19. The number of carbonyl (C=O) groups excluding carboxylic acids is 3. The Morgan fingerprint density at radius 3 is 1.96 bits per heavy atom. The molecule has 0 bridgehead atoms. The van der Waals surface area contributed by atoms with Gasteiger partial charge in [-0.05, 0) is 43.2 Å². The molecule has 0 spiro atoms. The van der Waals surface area contributed by atoms with E-state index < -0.39 is 0 Å². The van der Waals surface area contributed by atoms with Gasteiger partial charge in [0, 0.05) is 25.2 Å². The minimum atomic E-state index is -0.317. The van der Waals surface area contributed by atoms with Crippen LogP contribution in [0, 0.1) is 13.8 Å². The van der Waals surface area contributed by atoms with Crippen LogP contribution >= 0.6 is 0 Å². The average molecular weight is 353 g/mol. The van der Waals surface area contributed by atoms with Crippen LogP contribution in [0.1, 0.15) is 25.0 Å². The maximum absolute atomic E-state index is 12.5. The van der Waals surface area contributed by atoms with Gasteiger partial charge >= 0.3 is 0 Å². The Morgan fingerprint density at radius 2 is 1.42 bits per heavy atom. The first-order chi connectivity index (χ1) is 12.3. The molecule has 26 heavy (non-hydrogen) atoms. The molecule has 136 valence electrons. The molecule has 0 radical (unpaired) electrons. The number of carbonyl (C=O) groups is 3. The molecular weight excluding hydrogens is 330 g/mol. The van der Waals surface area contributed by atoms with Crippen LogP contribution in [-0.2, 0) is 14.4 Å². The molecule has 0 aromatic heterocycles. The average Bonchev–Trinajstić information content (AvgIpc) is 2.53. The molecule has 2 aromatic carbocycles. The Kier molecular flexibility index (Phi) is 6.11. The molecule has 0 fully saturated rings. The van der Waals surface area contributed by atoms with Crippen molar-refractivity contribution < 1.29 is 14.4 Å². The fraction of sp³-hybridized carbons (Fsp3) is 0.250. The SMILES string of the molecule is CC(=O)Nc1cccc(NC(=O)CN(C(C)=O)c2c(C)cccc2C)c1. The van der Waals surface area contributed by atoms with E-state index >= 15 is 0 Å². The molecule has 0 aliphatic carbocycles. The molecule has 0 aliphatic rings. The van der Waals surface area contributed by atoms with Gasteiger partial charge in [0.1, 0.15) is 6.54 Å². The summed E-state index contributed by atoms with van der Waals surface area (Å²) in [7, 11) is 0. The zero-order valence-electron chi connectivity index (χ0n) is 15.4. The van der Waals surface area contributed by atoms with Gasteiger partial charge in [0.2, 0.25) is 17.7 Å². The fourth-order valence-corrected chi connectivity index (χ4v) is 2.80. The van der Waals surface area contributed by atoms with E-state index in [1.54, 1.807) is 24.3 Å². The van der Waals surface area contributed by atoms with E-state index in [9.17, 15) is 14.4 Å². The molecule has 2 aromatic rings. The predicted molar refractivity (Wildman–Crippen MR) is 103 cm³/mol. The zero-order chi connectivity index (χ0) is 19.3. The number of amides is 3. The van der Waals surface area contributed by atoms with Crippen LogP contribution in [0.3, 0.4) is 0 Å². The van der Waals surface area contributed by atoms with Gasteiger partial charge in [0.25, 0.3) is 0 Å². The van der Waals surface area contributed by atoms with Crippen molar-refractivity contribution in [1.29, 1.82) is 0 Å². The van der Waals surface area contributed by atoms with E-state index in [-0.39, 0.29) is 24.3 Å². The number of anilines is 3. The van der Waals surface area contributed by atoms with Crippen molar-refractivity contribution in [3.05, 3.63) is 53.6 Å². The number of hydrogen-bond donors (Lipinski definition) is 2. The number of para-hydroxylation sites is 1. The molecule has 2 N–H and O–H groups in total. The summed E-state index contributed by atoms with van der Waals surface area (Å²) in [6.45, 7) is 6.59. The van der Waals surface area contributed by atoms with Gasteiger partial charge in [-0.15, -0.1) is 0 Å². The van der Waals surface area contributed by atoms with Crippen LogP contribution < -0.4 is 15.5 Å². The minimum absolute atomic E-state index is 0.0919. The van der Waals surface area contributed by atoms with E-state index in [1.807, 2.05) is 32.0 Å². The highest BCUT2D eigenvalue weighted by Crippen LogP contribution is 2.25. The Bertz CT molecular complexity index is 826. The van der Waals surface area contributed by atoms with Gasteiger partial charge in [-0.3, -0.25) is 14.4 Å². The lowest BCUT2D eigenvalue weighted by atomic mass is 10.1. The van der Waals surface area contributed by atoms with Gasteiger partial charge in [-0.2, -0.15) is 0 Å². The van der Waals surface area contributed by atoms with Crippen molar-refractivity contribution in [2.24, 2.45) is 0 Å². The molecule has 6 nitrogen and oxygen atoms in total. The fourth-order valence-electron chi connectivity index (χ4n) is 2.80. The normalized spacial score (nSPS) is 10.2. The van der Waals surface area contributed by atoms with Crippen LogP contribution in [-0.4, -0.2) is 24.3 Å². The highest BCUT2D eigenvalue weighted by atomic mass is 16.2. The third kappa shape index (κ3) is 4.92. The standard InChI is InChI=1S/C20H23N3O3/c1-13-7-5-8-14(2)20(13)23(16(4)25)12-19(26)22-18-10-6-9-17(11-18)21-15(3)24/h5-11H,12H2,1-4H3,(H,21,24)(H,22,26). The van der Waals surface area contributed by atoms with Crippen molar-refractivity contribution in [1.82, 2.24) is 0 Å². The summed E-state index contributed by atoms with van der Waals surface area (Å²) < 4.78 is 0. The lowest BCUT2D eigenvalue weighted by molar-refractivity contribution is -0.120. The molecule has 0 atom stereocenters. The van der Waals surface area contributed by atoms with Crippen LogP contribution in [0.5, 0.6) is 0 Å². The molecule has 3 amide bonds. The van der Waals surface area contributed by atoms with Gasteiger partial charge in [-0.1, -0.05) is 24.3 Å². The monoisotopic (exact) mass is 353 g/mol. The van der Waals surface area contributed by atoms with Gasteiger partial charge in [-0.25, -0.2) is 0 Å². The number of aryl methyl sites for hydroxylation is 2. The topological polar surface area (TPSA) is 78.5 Å². The van der Waals surface area contributed by atoms with E-state index in [1.165, 1.54) is 18.7 Å². The summed E-state index contributed by atoms with van der Waals surface area (Å²) >= 11 is 0. The van der Waals surface area contributed by atoms with Crippen molar-refractivity contribution >= 4 is 34.8 Å². The third-order valence-corrected chi connectivity index (χ3v) is 3.86. The van der Waals surface area contributed by atoms with Gasteiger partial charge in [0.05, 0.1) is 5.69 Å². The van der Waals surface area contributed by atoms with Crippen molar-refractivity contribution in [3.8, 4) is 0 Å². The second-order valence-corrected chi connectivity index (χ2v) is 6.16. The number of rotatable bonds is 5. The summed E-state index contributed by atoms with van der Waals surface area (Å²) in [5.74, 6) is -0.710. The summed E-state index contributed by atoms with van der Waals surface area (Å²) in [5, 5.41) is 5.43. The first-order valence-electron chi connectivity index (χ1n) is 8.29. The smallest absolute Gasteiger partial charge is 0.244 e. The summed E-state index contributed by atoms with van der Waals surface area (Å²) in [6.07, 6.45) is 0.